The number of nitrogens with zero attached hydrogens (tertiary/aromatic N) is 1. The number of hydroxylamine groups is 1. The molecule has 0 aliphatic rings. The van der Waals surface area contributed by atoms with Crippen molar-refractivity contribution in [1.29, 1.82) is 0 Å². The van der Waals surface area contributed by atoms with E-state index in [1.54, 1.807) is 61.1 Å². The average Bonchev–Trinajstić information content (AvgIpc) is 2.90. The van der Waals surface area contributed by atoms with Crippen LogP contribution in [0.25, 0.3) is 5.70 Å². The van der Waals surface area contributed by atoms with Crippen LogP contribution in [0.2, 0.25) is 0 Å². The van der Waals surface area contributed by atoms with E-state index in [2.05, 4.69) is 23.7 Å². The van der Waals surface area contributed by atoms with Gasteiger partial charge in [0.15, 0.2) is 5.54 Å². The Balaban J connectivity index is 2.12. The number of aliphatic hydroxyl groups is 2. The zero-order valence-electron chi connectivity index (χ0n) is 20.0. The summed E-state index contributed by atoms with van der Waals surface area (Å²) in [6.07, 6.45) is -0.781. The van der Waals surface area contributed by atoms with Crippen molar-refractivity contribution in [2.24, 2.45) is 0 Å². The summed E-state index contributed by atoms with van der Waals surface area (Å²) in [6, 6.07) is 14.3. The number of benzene rings is 2. The SMILES string of the molecule is C=C(c1ccc(C#Cc2ccc(C(O)COCCO)cc2)cc1)N(C)[C@@](C)(C(=O)NC)C(=O)NO. The molecule has 35 heavy (non-hydrogen) atoms. The molecule has 0 heterocycles. The number of ether oxygens (including phenoxy) is 1. The molecule has 9 nitrogen and oxygen atoms in total. The molecule has 5 N–H and O–H groups in total. The van der Waals surface area contributed by atoms with Crippen LogP contribution in [0.5, 0.6) is 0 Å². The summed E-state index contributed by atoms with van der Waals surface area (Å²) in [5.74, 6) is 4.63. The second kappa shape index (κ2) is 12.7. The van der Waals surface area contributed by atoms with Crippen LogP contribution in [-0.2, 0) is 14.3 Å². The van der Waals surface area contributed by atoms with Gasteiger partial charge in [0.2, 0.25) is 0 Å². The Morgan fingerprint density at radius 1 is 1.09 bits per heavy atom. The second-order valence-electron chi connectivity index (χ2n) is 7.86. The number of nitrogens with one attached hydrogen (secondary N) is 2. The molecular weight excluding hydrogens is 450 g/mol. The van der Waals surface area contributed by atoms with Gasteiger partial charge in [0.25, 0.3) is 11.8 Å². The van der Waals surface area contributed by atoms with E-state index in [4.69, 9.17) is 15.1 Å². The van der Waals surface area contributed by atoms with E-state index < -0.39 is 23.5 Å². The number of likely N-dealkylation sites (N-methyl/N-ethyl adjacent to an activating group) is 2. The van der Waals surface area contributed by atoms with Crippen molar-refractivity contribution in [3.05, 3.63) is 77.4 Å². The van der Waals surface area contributed by atoms with E-state index in [-0.39, 0.29) is 19.8 Å². The number of carbonyl (C=O) groups excluding carboxylic acids is 2. The van der Waals surface area contributed by atoms with Gasteiger partial charge in [-0.25, -0.2) is 5.48 Å². The maximum Gasteiger partial charge on any atom is 0.278 e. The topological polar surface area (TPSA) is 131 Å². The van der Waals surface area contributed by atoms with Crippen LogP contribution in [-0.4, -0.2) is 71.6 Å². The molecule has 0 radical (unpaired) electrons. The van der Waals surface area contributed by atoms with Crippen LogP contribution in [0.4, 0.5) is 0 Å². The molecule has 0 bridgehead atoms. The van der Waals surface area contributed by atoms with E-state index in [9.17, 15) is 14.7 Å². The average molecular weight is 482 g/mol. The molecule has 186 valence electrons. The van der Waals surface area contributed by atoms with E-state index in [1.165, 1.54) is 18.9 Å². The molecule has 0 aliphatic heterocycles. The van der Waals surface area contributed by atoms with Crippen molar-refractivity contribution in [1.82, 2.24) is 15.7 Å². The van der Waals surface area contributed by atoms with Crippen LogP contribution in [0.15, 0.2) is 55.1 Å². The van der Waals surface area contributed by atoms with Crippen molar-refractivity contribution in [2.75, 3.05) is 33.9 Å². The van der Waals surface area contributed by atoms with Gasteiger partial charge in [-0.1, -0.05) is 42.7 Å². The third kappa shape index (κ3) is 6.68. The van der Waals surface area contributed by atoms with Crippen molar-refractivity contribution >= 4 is 17.5 Å². The Hall–Kier alpha value is -3.68. The van der Waals surface area contributed by atoms with Gasteiger partial charge in [-0.2, -0.15) is 0 Å². The van der Waals surface area contributed by atoms with Crippen LogP contribution in [0.3, 0.4) is 0 Å². The van der Waals surface area contributed by atoms with E-state index in [0.717, 1.165) is 11.1 Å². The molecule has 1 unspecified atom stereocenters. The molecular formula is C26H31N3O6. The molecule has 0 aromatic heterocycles. The fourth-order valence-corrected chi connectivity index (χ4v) is 3.26. The second-order valence-corrected chi connectivity index (χ2v) is 7.86. The number of amides is 2. The van der Waals surface area contributed by atoms with Gasteiger partial charge in [0.1, 0.15) is 6.10 Å². The smallest absolute Gasteiger partial charge is 0.278 e. The highest BCUT2D eigenvalue weighted by molar-refractivity contribution is 6.09. The third-order valence-electron chi connectivity index (χ3n) is 5.66. The lowest BCUT2D eigenvalue weighted by Crippen LogP contribution is -2.62. The Bertz CT molecular complexity index is 1070. The quantitative estimate of drug-likeness (QED) is 0.113. The number of aliphatic hydroxyl groups excluding tert-OH is 2. The summed E-state index contributed by atoms with van der Waals surface area (Å²) in [6.45, 7) is 5.57. The number of hydrogen-bond donors (Lipinski definition) is 5. The van der Waals surface area contributed by atoms with Gasteiger partial charge in [-0.3, -0.25) is 14.8 Å². The van der Waals surface area contributed by atoms with Crippen molar-refractivity contribution in [3.8, 4) is 11.8 Å². The molecule has 2 rings (SSSR count). The summed E-state index contributed by atoms with van der Waals surface area (Å²) in [4.78, 5) is 26.0. The normalized spacial score (nSPS) is 13.0. The third-order valence-corrected chi connectivity index (χ3v) is 5.66. The van der Waals surface area contributed by atoms with Crippen LogP contribution < -0.4 is 10.8 Å². The number of hydrogen-bond acceptors (Lipinski definition) is 7. The molecule has 0 saturated heterocycles. The first kappa shape index (κ1) is 27.6. The fourth-order valence-electron chi connectivity index (χ4n) is 3.26. The zero-order chi connectivity index (χ0) is 26.0. The largest absolute Gasteiger partial charge is 0.394 e. The lowest BCUT2D eigenvalue weighted by Gasteiger charge is -2.37. The molecule has 2 amide bonds. The Morgan fingerprint density at radius 2 is 1.63 bits per heavy atom. The minimum atomic E-state index is -1.72. The molecule has 0 spiro atoms. The Morgan fingerprint density at radius 3 is 2.11 bits per heavy atom. The predicted octanol–water partition coefficient (Wildman–Crippen LogP) is 1.04. The fraction of sp³-hybridized carbons (Fsp3) is 0.308. The van der Waals surface area contributed by atoms with Crippen LogP contribution >= 0.6 is 0 Å². The number of rotatable bonds is 10. The van der Waals surface area contributed by atoms with Crippen molar-refractivity contribution in [2.45, 2.75) is 18.6 Å². The van der Waals surface area contributed by atoms with Gasteiger partial charge < -0.3 is 25.2 Å². The molecule has 2 aromatic carbocycles. The van der Waals surface area contributed by atoms with E-state index >= 15 is 0 Å². The minimum absolute atomic E-state index is 0.0939. The Kier molecular flexibility index (Phi) is 9.99. The highest BCUT2D eigenvalue weighted by Crippen LogP contribution is 2.25. The highest BCUT2D eigenvalue weighted by Gasteiger charge is 2.45. The van der Waals surface area contributed by atoms with E-state index in [0.29, 0.717) is 16.8 Å². The predicted molar refractivity (Wildman–Crippen MR) is 131 cm³/mol. The molecule has 9 heteroatoms. The van der Waals surface area contributed by atoms with Gasteiger partial charge in [-0.15, -0.1) is 0 Å². The zero-order valence-corrected chi connectivity index (χ0v) is 20.0. The van der Waals surface area contributed by atoms with Gasteiger partial charge in [0.05, 0.1) is 19.8 Å². The maximum absolute atomic E-state index is 12.4. The molecule has 0 saturated carbocycles. The summed E-state index contributed by atoms with van der Waals surface area (Å²) in [5.41, 5.74) is 3.09. The molecule has 2 atom stereocenters. The van der Waals surface area contributed by atoms with Gasteiger partial charge in [-0.05, 0) is 42.3 Å². The molecule has 2 aromatic rings. The van der Waals surface area contributed by atoms with E-state index in [1.807, 2.05) is 0 Å². The first-order valence-corrected chi connectivity index (χ1v) is 10.9. The van der Waals surface area contributed by atoms with Gasteiger partial charge in [0, 0.05) is 30.9 Å². The standard InChI is InChI=1S/C26H31N3O6/c1-18(29(4)26(2,24(32)27-3)25(33)28-34)21-11-7-19(8-12-21)5-6-20-9-13-22(14-10-20)23(31)17-35-16-15-30/h7-14,23,30-31,34H,1,15-17H2,2-4H3,(H,27,32)(H,28,33)/t23?,26-/m0/s1. The maximum atomic E-state index is 12.4. The summed E-state index contributed by atoms with van der Waals surface area (Å²) in [7, 11) is 2.94. The van der Waals surface area contributed by atoms with Crippen LogP contribution in [0.1, 0.15) is 35.3 Å². The highest BCUT2D eigenvalue weighted by atomic mass is 16.5. The van der Waals surface area contributed by atoms with Gasteiger partial charge >= 0.3 is 0 Å². The first-order chi connectivity index (χ1) is 16.7. The lowest BCUT2D eigenvalue weighted by molar-refractivity contribution is -0.147. The molecule has 0 fully saturated rings. The van der Waals surface area contributed by atoms with Crippen LogP contribution in [0, 0.1) is 11.8 Å². The van der Waals surface area contributed by atoms with Crippen molar-refractivity contribution < 1.29 is 29.7 Å². The Labute approximate surface area is 205 Å². The summed E-state index contributed by atoms with van der Waals surface area (Å²) < 4.78 is 5.14. The lowest BCUT2D eigenvalue weighted by atomic mass is 9.96. The summed E-state index contributed by atoms with van der Waals surface area (Å²) >= 11 is 0. The number of carbonyl (C=O) groups is 2. The minimum Gasteiger partial charge on any atom is -0.394 e. The van der Waals surface area contributed by atoms with Crippen molar-refractivity contribution in [3.63, 3.8) is 0 Å². The molecule has 0 aliphatic carbocycles. The monoisotopic (exact) mass is 481 g/mol. The summed E-state index contributed by atoms with van der Waals surface area (Å²) in [5, 5.41) is 30.4. The first-order valence-electron chi connectivity index (χ1n) is 10.9.